The molecule has 1 N–H and O–H groups in total. The minimum Gasteiger partial charge on any atom is -0.420 e. The summed E-state index contributed by atoms with van der Waals surface area (Å²) >= 11 is 1.40. The molecule has 0 radical (unpaired) electrons. The lowest BCUT2D eigenvalue weighted by Gasteiger charge is -2.29. The highest BCUT2D eigenvalue weighted by Crippen LogP contribution is 2.29. The third-order valence-corrected chi connectivity index (χ3v) is 5.44. The molecule has 0 spiro atoms. The van der Waals surface area contributed by atoms with Crippen molar-refractivity contribution >= 4 is 22.4 Å². The van der Waals surface area contributed by atoms with Gasteiger partial charge in [0.15, 0.2) is 5.13 Å². The van der Waals surface area contributed by atoms with E-state index in [4.69, 9.17) is 4.42 Å². The third-order valence-electron chi connectivity index (χ3n) is 4.76. The van der Waals surface area contributed by atoms with Gasteiger partial charge in [-0.2, -0.15) is 0 Å². The first-order valence-electron chi connectivity index (χ1n) is 9.00. The molecule has 28 heavy (non-hydrogen) atoms. The van der Waals surface area contributed by atoms with Crippen molar-refractivity contribution in [2.45, 2.75) is 18.8 Å². The van der Waals surface area contributed by atoms with Crippen molar-refractivity contribution in [2.75, 3.05) is 25.0 Å². The van der Waals surface area contributed by atoms with Gasteiger partial charge in [0, 0.05) is 36.8 Å². The van der Waals surface area contributed by atoms with Crippen LogP contribution in [0.4, 0.5) is 5.13 Å². The molecule has 0 unspecified atom stereocenters. The van der Waals surface area contributed by atoms with Crippen LogP contribution in [0.15, 0.2) is 39.1 Å². The first-order valence-corrected chi connectivity index (χ1v) is 9.88. The van der Waals surface area contributed by atoms with Crippen LogP contribution in [0.3, 0.4) is 0 Å². The monoisotopic (exact) mass is 400 g/mol. The van der Waals surface area contributed by atoms with Gasteiger partial charge >= 0.3 is 0 Å². The molecule has 4 heterocycles. The number of aromatic nitrogens is 4. The number of carbonyl (C=O) groups is 1. The summed E-state index contributed by atoms with van der Waals surface area (Å²) in [6.07, 6.45) is 5.04. The highest BCUT2D eigenvalue weighted by molar-refractivity contribution is 7.13. The van der Waals surface area contributed by atoms with E-state index in [0.29, 0.717) is 23.5 Å². The van der Waals surface area contributed by atoms with E-state index in [1.54, 1.807) is 25.5 Å². The highest BCUT2D eigenvalue weighted by atomic mass is 32.1. The highest BCUT2D eigenvalue weighted by Gasteiger charge is 2.26. The molecular weight excluding hydrogens is 380 g/mol. The molecule has 0 bridgehead atoms. The Morgan fingerprint density at radius 3 is 2.86 bits per heavy atom. The second kappa shape index (κ2) is 8.03. The molecule has 0 aromatic carbocycles. The number of aryl methyl sites for hydroxylation is 1. The molecule has 146 valence electrons. The quantitative estimate of drug-likeness (QED) is 0.695. The van der Waals surface area contributed by atoms with Gasteiger partial charge in [0.05, 0.1) is 12.1 Å². The molecule has 1 saturated heterocycles. The van der Waals surface area contributed by atoms with E-state index >= 15 is 0 Å². The van der Waals surface area contributed by atoms with Crippen molar-refractivity contribution < 1.29 is 9.21 Å². The predicted octanol–water partition coefficient (Wildman–Crippen LogP) is 1.71. The lowest BCUT2D eigenvalue weighted by atomic mass is 9.97. The zero-order chi connectivity index (χ0) is 19.5. The Labute approximate surface area is 165 Å². The number of nitrogens with one attached hydrogen (secondary N) is 1. The van der Waals surface area contributed by atoms with Crippen LogP contribution in [0.2, 0.25) is 0 Å². The molecule has 4 rings (SSSR count). The Hall–Kier alpha value is -2.85. The number of piperidine rings is 1. The van der Waals surface area contributed by atoms with Gasteiger partial charge in [0.1, 0.15) is 0 Å². The van der Waals surface area contributed by atoms with E-state index < -0.39 is 0 Å². The summed E-state index contributed by atoms with van der Waals surface area (Å²) in [5, 5.41) is 13.6. The van der Waals surface area contributed by atoms with Gasteiger partial charge in [0.25, 0.3) is 0 Å². The van der Waals surface area contributed by atoms with Crippen molar-refractivity contribution in [1.29, 1.82) is 0 Å². The Morgan fingerprint density at radius 1 is 1.32 bits per heavy atom. The molecule has 3 aromatic rings. The number of carbonyl (C=O) groups excluding carboxylic acids is 1. The fraction of sp³-hybridized carbons (Fsp3) is 0.389. The number of anilines is 1. The topological polar surface area (TPSA) is 106 Å². The smallest absolute Gasteiger partial charge is 0.250 e. The zero-order valence-corrected chi connectivity index (χ0v) is 16.2. The number of rotatable bonds is 5. The van der Waals surface area contributed by atoms with Crippen LogP contribution in [0.1, 0.15) is 24.7 Å². The van der Waals surface area contributed by atoms with Gasteiger partial charge in [0.2, 0.25) is 23.2 Å². The molecule has 0 saturated carbocycles. The second-order valence-electron chi connectivity index (χ2n) is 6.75. The van der Waals surface area contributed by atoms with E-state index in [1.165, 1.54) is 22.0 Å². The van der Waals surface area contributed by atoms with Crippen molar-refractivity contribution in [3.63, 3.8) is 0 Å². The van der Waals surface area contributed by atoms with Crippen LogP contribution in [0, 0.1) is 0 Å². The Bertz CT molecular complexity index is 1000. The molecule has 1 aliphatic heterocycles. The molecule has 0 aliphatic carbocycles. The maximum Gasteiger partial charge on any atom is 0.250 e. The number of likely N-dealkylation sites (tertiary alicyclic amines) is 1. The van der Waals surface area contributed by atoms with Crippen molar-refractivity contribution in [2.24, 2.45) is 7.05 Å². The summed E-state index contributed by atoms with van der Waals surface area (Å²) in [6, 6.07) is 3.16. The third kappa shape index (κ3) is 4.18. The minimum absolute atomic E-state index is 0.0526. The van der Waals surface area contributed by atoms with Crippen LogP contribution in [-0.4, -0.2) is 50.2 Å². The number of hydrogen-bond donors (Lipinski definition) is 1. The van der Waals surface area contributed by atoms with E-state index in [0.717, 1.165) is 31.5 Å². The Kier molecular flexibility index (Phi) is 5.31. The number of amides is 1. The fourth-order valence-electron chi connectivity index (χ4n) is 3.22. The van der Waals surface area contributed by atoms with Gasteiger partial charge in [-0.05, 0) is 32.0 Å². The van der Waals surface area contributed by atoms with Gasteiger partial charge in [-0.3, -0.25) is 14.5 Å². The molecular formula is C18H20N6O3S. The number of nitrogens with zero attached hydrogens (tertiary/aromatic N) is 5. The second-order valence-corrected chi connectivity index (χ2v) is 7.64. The molecule has 3 aromatic heterocycles. The van der Waals surface area contributed by atoms with Crippen molar-refractivity contribution in [3.05, 3.63) is 46.2 Å². The zero-order valence-electron chi connectivity index (χ0n) is 15.4. The molecule has 10 heteroatoms. The lowest BCUT2D eigenvalue weighted by molar-refractivity contribution is -0.117. The molecule has 0 atom stereocenters. The lowest BCUT2D eigenvalue weighted by Crippen LogP contribution is -2.38. The summed E-state index contributed by atoms with van der Waals surface area (Å²) in [5.74, 6) is 1.14. The number of thiazole rings is 1. The number of hydrogen-bond acceptors (Lipinski definition) is 8. The van der Waals surface area contributed by atoms with Crippen LogP contribution < -0.4 is 10.9 Å². The fourth-order valence-corrected chi connectivity index (χ4v) is 3.77. The largest absolute Gasteiger partial charge is 0.420 e. The van der Waals surface area contributed by atoms with Gasteiger partial charge < -0.3 is 14.3 Å². The molecule has 1 aliphatic rings. The standard InChI is InChI=1S/C18H20N6O3S/c1-23-10-13(2-3-15(23)26)17-22-21-16(27-17)12-4-7-24(8-5-12)11-14(25)20-18-19-6-9-28-18/h2-3,6,9-10,12H,4-5,7-8,11H2,1H3,(H,19,20,25). The van der Waals surface area contributed by atoms with E-state index in [-0.39, 0.29) is 17.4 Å². The first-order chi connectivity index (χ1) is 13.6. The normalized spacial score (nSPS) is 15.6. The van der Waals surface area contributed by atoms with Crippen molar-refractivity contribution in [3.8, 4) is 11.5 Å². The van der Waals surface area contributed by atoms with Gasteiger partial charge in [-0.15, -0.1) is 21.5 Å². The summed E-state index contributed by atoms with van der Waals surface area (Å²) in [5.41, 5.74) is 0.631. The van der Waals surface area contributed by atoms with Crippen molar-refractivity contribution in [1.82, 2.24) is 24.6 Å². The maximum absolute atomic E-state index is 12.1. The summed E-state index contributed by atoms with van der Waals surface area (Å²) in [7, 11) is 1.68. The first kappa shape index (κ1) is 18.5. The Morgan fingerprint density at radius 2 is 2.14 bits per heavy atom. The average Bonchev–Trinajstić information content (AvgIpc) is 3.37. The summed E-state index contributed by atoms with van der Waals surface area (Å²) in [6.45, 7) is 1.92. The summed E-state index contributed by atoms with van der Waals surface area (Å²) in [4.78, 5) is 29.8. The molecule has 1 fully saturated rings. The predicted molar refractivity (Wildman–Crippen MR) is 104 cm³/mol. The molecule has 1 amide bonds. The van der Waals surface area contributed by atoms with E-state index in [1.807, 2.05) is 5.38 Å². The van der Waals surface area contributed by atoms with E-state index in [2.05, 4.69) is 25.4 Å². The maximum atomic E-state index is 12.1. The minimum atomic E-state index is -0.0882. The average molecular weight is 400 g/mol. The van der Waals surface area contributed by atoms with Crippen LogP contribution in [0.25, 0.3) is 11.5 Å². The SMILES string of the molecule is Cn1cc(-c2nnc(C3CCN(CC(=O)Nc4nccs4)CC3)o2)ccc1=O. The van der Waals surface area contributed by atoms with Crippen LogP contribution >= 0.6 is 11.3 Å². The number of pyridine rings is 1. The Balaban J connectivity index is 1.32. The van der Waals surface area contributed by atoms with Crippen LogP contribution in [0.5, 0.6) is 0 Å². The van der Waals surface area contributed by atoms with E-state index in [9.17, 15) is 9.59 Å². The van der Waals surface area contributed by atoms with Crippen LogP contribution in [-0.2, 0) is 11.8 Å². The van der Waals surface area contributed by atoms with Gasteiger partial charge in [-0.25, -0.2) is 4.98 Å². The summed E-state index contributed by atoms with van der Waals surface area (Å²) < 4.78 is 7.33. The van der Waals surface area contributed by atoms with Gasteiger partial charge in [-0.1, -0.05) is 0 Å². The molecule has 9 nitrogen and oxygen atoms in total.